The van der Waals surface area contributed by atoms with E-state index in [0.717, 1.165) is 15.6 Å². The fourth-order valence-electron chi connectivity index (χ4n) is 1.54. The van der Waals surface area contributed by atoms with E-state index < -0.39 is 0 Å². The van der Waals surface area contributed by atoms with Crippen LogP contribution >= 0.6 is 39.1 Å². The van der Waals surface area contributed by atoms with Crippen molar-refractivity contribution in [1.82, 2.24) is 5.32 Å². The standard InChI is InChI=1S/C12H12BrCl2NO/c1-6(2)16-5-7-3-8-11(15)9(13)4-10(14)12(8)17-7/h3-4,6,16H,5H2,1-2H3. The van der Waals surface area contributed by atoms with Gasteiger partial charge in [0.05, 0.1) is 16.6 Å². The Labute approximate surface area is 118 Å². The minimum Gasteiger partial charge on any atom is -0.458 e. The molecule has 2 rings (SSSR count). The van der Waals surface area contributed by atoms with E-state index in [4.69, 9.17) is 27.6 Å². The summed E-state index contributed by atoms with van der Waals surface area (Å²) in [5.74, 6) is 0.829. The number of nitrogens with one attached hydrogen (secondary N) is 1. The first-order valence-corrected chi connectivity index (χ1v) is 6.83. The minimum absolute atomic E-state index is 0.404. The summed E-state index contributed by atoms with van der Waals surface area (Å²) in [5.41, 5.74) is 0.639. The smallest absolute Gasteiger partial charge is 0.154 e. The molecule has 0 unspecified atom stereocenters. The van der Waals surface area contributed by atoms with E-state index in [1.807, 2.05) is 6.07 Å². The quantitative estimate of drug-likeness (QED) is 0.798. The fraction of sp³-hybridized carbons (Fsp3) is 0.333. The molecule has 2 nitrogen and oxygen atoms in total. The van der Waals surface area contributed by atoms with Crippen LogP contribution in [0.3, 0.4) is 0 Å². The molecule has 2 aromatic rings. The van der Waals surface area contributed by atoms with Crippen LogP contribution in [0, 0.1) is 0 Å². The molecular formula is C12H12BrCl2NO. The second kappa shape index (κ2) is 5.19. The average molecular weight is 337 g/mol. The number of hydrogen-bond acceptors (Lipinski definition) is 2. The Bertz CT molecular complexity index is 551. The fourth-order valence-corrected chi connectivity index (χ4v) is 2.56. The lowest BCUT2D eigenvalue weighted by Gasteiger charge is -2.04. The Kier molecular flexibility index (Phi) is 4.03. The molecule has 0 radical (unpaired) electrons. The highest BCUT2D eigenvalue weighted by molar-refractivity contribution is 9.10. The van der Waals surface area contributed by atoms with Gasteiger partial charge < -0.3 is 9.73 Å². The molecule has 1 heterocycles. The maximum atomic E-state index is 6.19. The highest BCUT2D eigenvalue weighted by Crippen LogP contribution is 2.37. The van der Waals surface area contributed by atoms with Crippen molar-refractivity contribution in [3.8, 4) is 0 Å². The molecule has 1 aromatic carbocycles. The SMILES string of the molecule is CC(C)NCc1cc2c(Cl)c(Br)cc(Cl)c2o1. The number of benzene rings is 1. The number of halogens is 3. The molecule has 0 saturated carbocycles. The second-order valence-electron chi connectivity index (χ2n) is 4.15. The third kappa shape index (κ3) is 2.79. The molecule has 92 valence electrons. The lowest BCUT2D eigenvalue weighted by atomic mass is 10.2. The Morgan fingerprint density at radius 1 is 1.35 bits per heavy atom. The van der Waals surface area contributed by atoms with Gasteiger partial charge in [0.1, 0.15) is 5.76 Å². The van der Waals surface area contributed by atoms with Gasteiger partial charge in [-0.25, -0.2) is 0 Å². The first kappa shape index (κ1) is 13.2. The Morgan fingerprint density at radius 3 is 2.71 bits per heavy atom. The summed E-state index contributed by atoms with van der Waals surface area (Å²) >= 11 is 15.7. The van der Waals surface area contributed by atoms with Crippen LogP contribution in [0.4, 0.5) is 0 Å². The van der Waals surface area contributed by atoms with Crippen molar-refractivity contribution in [2.75, 3.05) is 0 Å². The predicted molar refractivity (Wildman–Crippen MR) is 75.9 cm³/mol. The summed E-state index contributed by atoms with van der Waals surface area (Å²) in [5, 5.41) is 5.31. The molecule has 5 heteroatoms. The zero-order valence-electron chi connectivity index (χ0n) is 9.48. The van der Waals surface area contributed by atoms with Crippen molar-refractivity contribution < 1.29 is 4.42 Å². The number of rotatable bonds is 3. The molecule has 17 heavy (non-hydrogen) atoms. The van der Waals surface area contributed by atoms with Crippen molar-refractivity contribution in [1.29, 1.82) is 0 Å². The molecule has 0 spiro atoms. The Hall–Kier alpha value is -0.220. The van der Waals surface area contributed by atoms with Gasteiger partial charge in [0.2, 0.25) is 0 Å². The van der Waals surface area contributed by atoms with Gasteiger partial charge in [0, 0.05) is 15.9 Å². The van der Waals surface area contributed by atoms with Crippen molar-refractivity contribution >= 4 is 50.1 Å². The summed E-state index contributed by atoms with van der Waals surface area (Å²) in [6.07, 6.45) is 0. The Morgan fingerprint density at radius 2 is 2.06 bits per heavy atom. The van der Waals surface area contributed by atoms with Crippen molar-refractivity contribution in [3.05, 3.63) is 32.4 Å². The lowest BCUT2D eigenvalue weighted by Crippen LogP contribution is -2.21. The molecular weight excluding hydrogens is 325 g/mol. The molecule has 0 aliphatic carbocycles. The lowest BCUT2D eigenvalue weighted by molar-refractivity contribution is 0.488. The molecule has 0 amide bonds. The largest absolute Gasteiger partial charge is 0.458 e. The highest BCUT2D eigenvalue weighted by Gasteiger charge is 2.13. The molecule has 0 aliphatic rings. The van der Waals surface area contributed by atoms with E-state index in [0.29, 0.717) is 28.2 Å². The highest BCUT2D eigenvalue weighted by atomic mass is 79.9. The summed E-state index contributed by atoms with van der Waals surface area (Å²) < 4.78 is 6.46. The van der Waals surface area contributed by atoms with Crippen molar-refractivity contribution in [2.45, 2.75) is 26.4 Å². The van der Waals surface area contributed by atoms with Crippen LogP contribution in [0.2, 0.25) is 10.0 Å². The normalized spacial score (nSPS) is 11.6. The van der Waals surface area contributed by atoms with Crippen LogP contribution in [0.25, 0.3) is 11.0 Å². The zero-order chi connectivity index (χ0) is 12.6. The number of fused-ring (bicyclic) bond motifs is 1. The van der Waals surface area contributed by atoms with Crippen LogP contribution in [0.15, 0.2) is 21.0 Å². The molecule has 0 atom stereocenters. The minimum atomic E-state index is 0.404. The summed E-state index contributed by atoms with van der Waals surface area (Å²) in [4.78, 5) is 0. The van der Waals surface area contributed by atoms with Crippen molar-refractivity contribution in [3.63, 3.8) is 0 Å². The third-order valence-corrected chi connectivity index (χ3v) is 3.93. The van der Waals surface area contributed by atoms with E-state index >= 15 is 0 Å². The van der Waals surface area contributed by atoms with E-state index in [1.54, 1.807) is 6.07 Å². The van der Waals surface area contributed by atoms with Gasteiger partial charge in [-0.15, -0.1) is 0 Å². The van der Waals surface area contributed by atoms with Gasteiger partial charge in [-0.1, -0.05) is 37.0 Å². The van der Waals surface area contributed by atoms with Gasteiger partial charge in [0.25, 0.3) is 0 Å². The molecule has 0 aliphatic heterocycles. The van der Waals surface area contributed by atoms with Gasteiger partial charge in [-0.2, -0.15) is 0 Å². The second-order valence-corrected chi connectivity index (χ2v) is 5.78. The molecule has 0 saturated heterocycles. The summed E-state index contributed by atoms with van der Waals surface area (Å²) in [6, 6.07) is 4.07. The first-order valence-electron chi connectivity index (χ1n) is 5.28. The first-order chi connectivity index (χ1) is 7.99. The van der Waals surface area contributed by atoms with E-state index in [9.17, 15) is 0 Å². The van der Waals surface area contributed by atoms with Gasteiger partial charge in [-0.3, -0.25) is 0 Å². The van der Waals surface area contributed by atoms with Gasteiger partial charge >= 0.3 is 0 Å². The maximum absolute atomic E-state index is 6.19. The maximum Gasteiger partial charge on any atom is 0.154 e. The Balaban J connectivity index is 2.43. The van der Waals surface area contributed by atoms with Crippen molar-refractivity contribution in [2.24, 2.45) is 0 Å². The topological polar surface area (TPSA) is 25.2 Å². The van der Waals surface area contributed by atoms with Crippen LogP contribution in [0.5, 0.6) is 0 Å². The van der Waals surface area contributed by atoms with Gasteiger partial charge in [0.15, 0.2) is 5.58 Å². The summed E-state index contributed by atoms with van der Waals surface area (Å²) in [7, 11) is 0. The third-order valence-electron chi connectivity index (χ3n) is 2.38. The predicted octanol–water partition coefficient (Wildman–Crippen LogP) is 5.00. The zero-order valence-corrected chi connectivity index (χ0v) is 12.6. The number of furan rings is 1. The molecule has 1 aromatic heterocycles. The van der Waals surface area contributed by atoms with Crippen LogP contribution < -0.4 is 5.32 Å². The van der Waals surface area contributed by atoms with E-state index in [-0.39, 0.29) is 0 Å². The van der Waals surface area contributed by atoms with Crippen LogP contribution in [-0.4, -0.2) is 6.04 Å². The summed E-state index contributed by atoms with van der Waals surface area (Å²) in [6.45, 7) is 4.83. The molecule has 0 fully saturated rings. The molecule has 1 N–H and O–H groups in total. The number of hydrogen-bond donors (Lipinski definition) is 1. The van der Waals surface area contributed by atoms with Crippen LogP contribution in [0.1, 0.15) is 19.6 Å². The monoisotopic (exact) mass is 335 g/mol. The van der Waals surface area contributed by atoms with Crippen LogP contribution in [-0.2, 0) is 6.54 Å². The van der Waals surface area contributed by atoms with E-state index in [1.165, 1.54) is 0 Å². The van der Waals surface area contributed by atoms with Gasteiger partial charge in [-0.05, 0) is 28.1 Å². The molecule has 0 bridgehead atoms. The van der Waals surface area contributed by atoms with E-state index in [2.05, 4.69) is 35.1 Å². The average Bonchev–Trinajstić information content (AvgIpc) is 2.68.